The molecule has 3 rings (SSSR count). The van der Waals surface area contributed by atoms with E-state index in [2.05, 4.69) is 44.2 Å². The molecule has 0 aliphatic carbocycles. The predicted octanol–water partition coefficient (Wildman–Crippen LogP) is 4.27. The average molecular weight is 446 g/mol. The number of halogens is 1. The minimum Gasteiger partial charge on any atom is -0.414 e. The molecule has 166 valence electrons. The SMILES string of the molecule is CC(C)(C)[Si](C)(C)OC[C@@H]1C=C(F)[C@H](n2ccc(NC(=O)c3ccccc3)nc2=O)O1. The van der Waals surface area contributed by atoms with Crippen LogP contribution in [0.1, 0.15) is 37.4 Å². The maximum absolute atomic E-state index is 14.5. The lowest BCUT2D eigenvalue weighted by atomic mass is 10.2. The molecule has 1 amide bonds. The van der Waals surface area contributed by atoms with Crippen molar-refractivity contribution in [3.63, 3.8) is 0 Å². The van der Waals surface area contributed by atoms with E-state index in [1.165, 1.54) is 18.3 Å². The molecule has 0 unspecified atom stereocenters. The zero-order valence-electron chi connectivity index (χ0n) is 18.4. The molecular weight excluding hydrogens is 417 g/mol. The molecule has 0 saturated carbocycles. The number of anilines is 1. The summed E-state index contributed by atoms with van der Waals surface area (Å²) in [7, 11) is -2.01. The highest BCUT2D eigenvalue weighted by Crippen LogP contribution is 2.37. The van der Waals surface area contributed by atoms with Crippen LogP contribution in [0.15, 0.2) is 59.3 Å². The Kier molecular flexibility index (Phi) is 6.58. The van der Waals surface area contributed by atoms with Crippen molar-refractivity contribution in [2.45, 2.75) is 51.2 Å². The Hall–Kier alpha value is -2.62. The van der Waals surface area contributed by atoms with Gasteiger partial charge in [0.2, 0.25) is 0 Å². The summed E-state index contributed by atoms with van der Waals surface area (Å²) >= 11 is 0. The molecule has 0 fully saturated rings. The molecule has 2 heterocycles. The third-order valence-electron chi connectivity index (χ3n) is 5.66. The fourth-order valence-electron chi connectivity index (χ4n) is 2.76. The van der Waals surface area contributed by atoms with Crippen LogP contribution >= 0.6 is 0 Å². The number of benzene rings is 1. The second kappa shape index (κ2) is 8.86. The Morgan fingerprint density at radius 1 is 1.26 bits per heavy atom. The second-order valence-electron chi connectivity index (χ2n) is 8.97. The first-order valence-corrected chi connectivity index (χ1v) is 13.0. The normalized spacial score (nSPS) is 19.2. The number of amides is 1. The Labute approximate surface area is 182 Å². The number of carbonyl (C=O) groups excluding carboxylic acids is 1. The summed E-state index contributed by atoms with van der Waals surface area (Å²) in [5.74, 6) is -0.889. The smallest absolute Gasteiger partial charge is 0.351 e. The van der Waals surface area contributed by atoms with Crippen molar-refractivity contribution in [3.05, 3.63) is 70.5 Å². The first-order chi connectivity index (χ1) is 14.5. The molecule has 2 aromatic rings. The summed E-state index contributed by atoms with van der Waals surface area (Å²) in [6.45, 7) is 10.8. The number of hydrogen-bond acceptors (Lipinski definition) is 5. The van der Waals surface area contributed by atoms with Crippen molar-refractivity contribution in [2.75, 3.05) is 11.9 Å². The molecule has 9 heteroatoms. The van der Waals surface area contributed by atoms with Crippen molar-refractivity contribution in [1.82, 2.24) is 9.55 Å². The van der Waals surface area contributed by atoms with Gasteiger partial charge in [0.05, 0.1) is 6.61 Å². The Morgan fingerprint density at radius 3 is 2.55 bits per heavy atom. The first-order valence-electron chi connectivity index (χ1n) is 10.1. The summed E-state index contributed by atoms with van der Waals surface area (Å²) < 4.78 is 27.4. The van der Waals surface area contributed by atoms with E-state index in [0.717, 1.165) is 4.57 Å². The van der Waals surface area contributed by atoms with E-state index in [1.807, 2.05) is 0 Å². The highest BCUT2D eigenvalue weighted by atomic mass is 28.4. The van der Waals surface area contributed by atoms with Crippen LogP contribution < -0.4 is 11.0 Å². The van der Waals surface area contributed by atoms with E-state index in [0.29, 0.717) is 5.56 Å². The Balaban J connectivity index is 1.66. The number of ether oxygens (including phenoxy) is 1. The number of hydrogen-bond donors (Lipinski definition) is 1. The van der Waals surface area contributed by atoms with Gasteiger partial charge in [-0.05, 0) is 42.4 Å². The molecular formula is C22H28FN3O4Si. The fraction of sp³-hybridized carbons (Fsp3) is 0.409. The van der Waals surface area contributed by atoms with Crippen molar-refractivity contribution < 1.29 is 18.3 Å². The average Bonchev–Trinajstić information content (AvgIpc) is 3.07. The number of carbonyl (C=O) groups is 1. The zero-order chi connectivity index (χ0) is 22.8. The number of aromatic nitrogens is 2. The molecule has 1 aromatic carbocycles. The third-order valence-corrected chi connectivity index (χ3v) is 10.2. The van der Waals surface area contributed by atoms with E-state index < -0.39 is 38.1 Å². The van der Waals surface area contributed by atoms with Crippen LogP contribution in [0.4, 0.5) is 10.2 Å². The van der Waals surface area contributed by atoms with Crippen LogP contribution in [0.2, 0.25) is 18.1 Å². The zero-order valence-corrected chi connectivity index (χ0v) is 19.4. The topological polar surface area (TPSA) is 82.5 Å². The third kappa shape index (κ3) is 5.36. The molecule has 31 heavy (non-hydrogen) atoms. The van der Waals surface area contributed by atoms with Crippen LogP contribution in [0.25, 0.3) is 0 Å². The van der Waals surface area contributed by atoms with Crippen LogP contribution in [0.5, 0.6) is 0 Å². The monoisotopic (exact) mass is 445 g/mol. The van der Waals surface area contributed by atoms with Crippen molar-refractivity contribution in [3.8, 4) is 0 Å². The van der Waals surface area contributed by atoms with Gasteiger partial charge in [0.15, 0.2) is 14.5 Å². The number of rotatable bonds is 6. The van der Waals surface area contributed by atoms with Crippen LogP contribution in [0, 0.1) is 0 Å². The molecule has 1 aromatic heterocycles. The highest BCUT2D eigenvalue weighted by Gasteiger charge is 2.39. The van der Waals surface area contributed by atoms with Gasteiger partial charge in [-0.25, -0.2) is 9.18 Å². The molecule has 0 spiro atoms. The van der Waals surface area contributed by atoms with Crippen molar-refractivity contribution in [1.29, 1.82) is 0 Å². The molecule has 7 nitrogen and oxygen atoms in total. The lowest BCUT2D eigenvalue weighted by Crippen LogP contribution is -2.42. The van der Waals surface area contributed by atoms with E-state index in [-0.39, 0.29) is 17.5 Å². The summed E-state index contributed by atoms with van der Waals surface area (Å²) in [5.41, 5.74) is -0.295. The molecule has 2 atom stereocenters. The molecule has 1 aliphatic rings. The van der Waals surface area contributed by atoms with Crippen LogP contribution in [0.3, 0.4) is 0 Å². The molecule has 0 bridgehead atoms. The number of nitrogens with zero attached hydrogens (tertiary/aromatic N) is 2. The van der Waals surface area contributed by atoms with Gasteiger partial charge in [0, 0.05) is 11.8 Å². The highest BCUT2D eigenvalue weighted by molar-refractivity contribution is 6.74. The van der Waals surface area contributed by atoms with Crippen molar-refractivity contribution >= 4 is 20.0 Å². The largest absolute Gasteiger partial charge is 0.414 e. The first kappa shape index (κ1) is 23.0. The van der Waals surface area contributed by atoms with E-state index in [1.54, 1.807) is 30.3 Å². The van der Waals surface area contributed by atoms with E-state index in [4.69, 9.17) is 9.16 Å². The van der Waals surface area contributed by atoms with Gasteiger partial charge in [-0.1, -0.05) is 39.0 Å². The maximum atomic E-state index is 14.5. The maximum Gasteiger partial charge on any atom is 0.351 e. The van der Waals surface area contributed by atoms with Crippen LogP contribution in [-0.2, 0) is 9.16 Å². The van der Waals surface area contributed by atoms with Gasteiger partial charge in [0.25, 0.3) is 5.91 Å². The van der Waals surface area contributed by atoms with Gasteiger partial charge >= 0.3 is 5.69 Å². The fourth-order valence-corrected chi connectivity index (χ4v) is 3.78. The summed E-state index contributed by atoms with van der Waals surface area (Å²) in [6.07, 6.45) is 0.885. The quantitative estimate of drug-likeness (QED) is 0.672. The van der Waals surface area contributed by atoms with Gasteiger partial charge in [-0.2, -0.15) is 4.98 Å². The summed E-state index contributed by atoms with van der Waals surface area (Å²) in [5, 5.41) is 2.58. The van der Waals surface area contributed by atoms with Gasteiger partial charge < -0.3 is 14.5 Å². The van der Waals surface area contributed by atoms with Gasteiger partial charge in [-0.3, -0.25) is 9.36 Å². The summed E-state index contributed by atoms with van der Waals surface area (Å²) in [4.78, 5) is 28.5. The van der Waals surface area contributed by atoms with Gasteiger partial charge in [0.1, 0.15) is 17.7 Å². The lowest BCUT2D eigenvalue weighted by Gasteiger charge is -2.36. The minimum absolute atomic E-state index is 0.0220. The Morgan fingerprint density at radius 2 is 1.94 bits per heavy atom. The number of nitrogens with one attached hydrogen (secondary N) is 1. The summed E-state index contributed by atoms with van der Waals surface area (Å²) in [6, 6.07) is 9.99. The molecule has 1 N–H and O–H groups in total. The second-order valence-corrected chi connectivity index (χ2v) is 13.8. The van der Waals surface area contributed by atoms with Crippen molar-refractivity contribution in [2.24, 2.45) is 0 Å². The predicted molar refractivity (Wildman–Crippen MR) is 119 cm³/mol. The van der Waals surface area contributed by atoms with Crippen LogP contribution in [-0.4, -0.2) is 36.5 Å². The molecule has 1 aliphatic heterocycles. The van der Waals surface area contributed by atoms with E-state index in [9.17, 15) is 14.0 Å². The van der Waals surface area contributed by atoms with Gasteiger partial charge in [-0.15, -0.1) is 0 Å². The van der Waals surface area contributed by atoms with E-state index >= 15 is 0 Å². The Bertz CT molecular complexity index is 1030. The molecule has 0 radical (unpaired) electrons. The lowest BCUT2D eigenvalue weighted by molar-refractivity contribution is -0.0191. The standard InChI is InChI=1S/C22H28FN3O4Si/c1-22(2,3)31(4,5)29-14-16-13-17(23)20(30-16)26-12-11-18(25-21(26)28)24-19(27)15-9-7-6-8-10-15/h6-13,16,20H,14H2,1-5H3,(H,24,25,27,28)/t16-,20+/m0/s1. The molecule has 0 saturated heterocycles. The minimum atomic E-state index is -2.01.